The van der Waals surface area contributed by atoms with E-state index in [9.17, 15) is 0 Å². The minimum absolute atomic E-state index is 0.433. The highest BCUT2D eigenvalue weighted by molar-refractivity contribution is 4.89. The van der Waals surface area contributed by atoms with Crippen LogP contribution in [0.25, 0.3) is 0 Å². The summed E-state index contributed by atoms with van der Waals surface area (Å²) in [5.41, 5.74) is 0.433. The molecule has 2 heterocycles. The van der Waals surface area contributed by atoms with Crippen LogP contribution in [0.2, 0.25) is 0 Å². The molecule has 2 saturated heterocycles. The molecule has 0 radical (unpaired) electrons. The molecular formula is C14H27NO. The fourth-order valence-corrected chi connectivity index (χ4v) is 3.21. The molecule has 2 rings (SSSR count). The summed E-state index contributed by atoms with van der Waals surface area (Å²) in [7, 11) is 0. The highest BCUT2D eigenvalue weighted by atomic mass is 16.5. The van der Waals surface area contributed by atoms with Crippen molar-refractivity contribution >= 4 is 0 Å². The van der Waals surface area contributed by atoms with E-state index in [1.165, 1.54) is 64.3 Å². The SMILES string of the molecule is CCC1(CCC2CCCO2)CCCCCN1. The molecule has 2 aliphatic rings. The van der Waals surface area contributed by atoms with E-state index < -0.39 is 0 Å². The van der Waals surface area contributed by atoms with Crippen molar-refractivity contribution < 1.29 is 4.74 Å². The highest BCUT2D eigenvalue weighted by Crippen LogP contribution is 2.29. The second kappa shape index (κ2) is 6.02. The summed E-state index contributed by atoms with van der Waals surface area (Å²) in [6.07, 6.45) is 12.5. The molecule has 0 aromatic heterocycles. The van der Waals surface area contributed by atoms with E-state index in [1.807, 2.05) is 0 Å². The van der Waals surface area contributed by atoms with Crippen molar-refractivity contribution in [2.75, 3.05) is 13.2 Å². The van der Waals surface area contributed by atoms with Crippen LogP contribution < -0.4 is 5.32 Å². The minimum Gasteiger partial charge on any atom is -0.378 e. The van der Waals surface area contributed by atoms with Crippen LogP contribution in [0.3, 0.4) is 0 Å². The Hall–Kier alpha value is -0.0800. The summed E-state index contributed by atoms with van der Waals surface area (Å²) >= 11 is 0. The number of rotatable bonds is 4. The number of hydrogen-bond donors (Lipinski definition) is 1. The average molecular weight is 225 g/mol. The predicted molar refractivity (Wildman–Crippen MR) is 67.7 cm³/mol. The molecule has 94 valence electrons. The van der Waals surface area contributed by atoms with Crippen LogP contribution >= 0.6 is 0 Å². The zero-order valence-electron chi connectivity index (χ0n) is 10.8. The van der Waals surface area contributed by atoms with Gasteiger partial charge in [0.1, 0.15) is 0 Å². The Morgan fingerprint density at radius 3 is 2.94 bits per heavy atom. The van der Waals surface area contributed by atoms with E-state index in [0.29, 0.717) is 11.6 Å². The molecule has 2 heteroatoms. The van der Waals surface area contributed by atoms with Gasteiger partial charge in [0, 0.05) is 12.1 Å². The van der Waals surface area contributed by atoms with Gasteiger partial charge in [-0.2, -0.15) is 0 Å². The topological polar surface area (TPSA) is 21.3 Å². The summed E-state index contributed by atoms with van der Waals surface area (Å²) in [6.45, 7) is 4.56. The molecule has 0 aromatic carbocycles. The fourth-order valence-electron chi connectivity index (χ4n) is 3.21. The van der Waals surface area contributed by atoms with Crippen LogP contribution in [0.1, 0.15) is 64.7 Å². The van der Waals surface area contributed by atoms with Gasteiger partial charge in [0.15, 0.2) is 0 Å². The molecule has 2 unspecified atom stereocenters. The Bertz CT molecular complexity index is 191. The molecule has 0 aliphatic carbocycles. The Labute approximate surface area is 100 Å². The highest BCUT2D eigenvalue weighted by Gasteiger charge is 2.29. The lowest BCUT2D eigenvalue weighted by Gasteiger charge is -2.33. The van der Waals surface area contributed by atoms with Crippen LogP contribution in [0.4, 0.5) is 0 Å². The van der Waals surface area contributed by atoms with Crippen molar-refractivity contribution in [3.63, 3.8) is 0 Å². The first-order chi connectivity index (χ1) is 7.85. The Morgan fingerprint density at radius 1 is 1.25 bits per heavy atom. The summed E-state index contributed by atoms with van der Waals surface area (Å²) in [5, 5.41) is 3.81. The Morgan fingerprint density at radius 2 is 2.19 bits per heavy atom. The van der Waals surface area contributed by atoms with Gasteiger partial charge in [-0.15, -0.1) is 0 Å². The zero-order valence-corrected chi connectivity index (χ0v) is 10.8. The van der Waals surface area contributed by atoms with Crippen LogP contribution in [-0.4, -0.2) is 24.8 Å². The normalized spacial score (nSPS) is 36.2. The van der Waals surface area contributed by atoms with E-state index in [4.69, 9.17) is 4.74 Å². The molecule has 0 bridgehead atoms. The minimum atomic E-state index is 0.433. The van der Waals surface area contributed by atoms with Crippen molar-refractivity contribution in [3.8, 4) is 0 Å². The van der Waals surface area contributed by atoms with E-state index >= 15 is 0 Å². The second-order valence-corrected chi connectivity index (χ2v) is 5.55. The summed E-state index contributed by atoms with van der Waals surface area (Å²) < 4.78 is 5.74. The first kappa shape index (κ1) is 12.4. The lowest BCUT2D eigenvalue weighted by Crippen LogP contribution is -2.44. The van der Waals surface area contributed by atoms with Crippen molar-refractivity contribution in [1.29, 1.82) is 0 Å². The molecule has 2 nitrogen and oxygen atoms in total. The lowest BCUT2D eigenvalue weighted by molar-refractivity contribution is 0.0914. The van der Waals surface area contributed by atoms with E-state index in [-0.39, 0.29) is 0 Å². The third kappa shape index (κ3) is 3.21. The first-order valence-electron chi connectivity index (χ1n) is 7.21. The molecule has 0 aromatic rings. The molecular weight excluding hydrogens is 198 g/mol. The van der Waals surface area contributed by atoms with Gasteiger partial charge in [-0.05, 0) is 51.5 Å². The Balaban J connectivity index is 1.81. The summed E-state index contributed by atoms with van der Waals surface area (Å²) in [5.74, 6) is 0. The van der Waals surface area contributed by atoms with Crippen molar-refractivity contribution in [2.45, 2.75) is 76.4 Å². The van der Waals surface area contributed by atoms with Gasteiger partial charge in [0.25, 0.3) is 0 Å². The molecule has 2 fully saturated rings. The summed E-state index contributed by atoms with van der Waals surface area (Å²) in [4.78, 5) is 0. The van der Waals surface area contributed by atoms with Gasteiger partial charge >= 0.3 is 0 Å². The number of hydrogen-bond acceptors (Lipinski definition) is 2. The maximum absolute atomic E-state index is 5.74. The van der Waals surface area contributed by atoms with Crippen LogP contribution in [0, 0.1) is 0 Å². The van der Waals surface area contributed by atoms with Gasteiger partial charge in [0.2, 0.25) is 0 Å². The van der Waals surface area contributed by atoms with Crippen molar-refractivity contribution in [1.82, 2.24) is 5.32 Å². The zero-order chi connectivity index (χ0) is 11.3. The molecule has 0 saturated carbocycles. The quantitative estimate of drug-likeness (QED) is 0.793. The molecule has 1 N–H and O–H groups in total. The maximum atomic E-state index is 5.74. The van der Waals surface area contributed by atoms with Crippen molar-refractivity contribution in [2.24, 2.45) is 0 Å². The van der Waals surface area contributed by atoms with Gasteiger partial charge in [0.05, 0.1) is 6.10 Å². The monoisotopic (exact) mass is 225 g/mol. The molecule has 2 aliphatic heterocycles. The number of ether oxygens (including phenoxy) is 1. The second-order valence-electron chi connectivity index (χ2n) is 5.55. The first-order valence-corrected chi connectivity index (χ1v) is 7.21. The fraction of sp³-hybridized carbons (Fsp3) is 1.00. The van der Waals surface area contributed by atoms with E-state index in [2.05, 4.69) is 12.2 Å². The largest absolute Gasteiger partial charge is 0.378 e. The standard InChI is InChI=1S/C14H27NO/c1-2-14(9-4-3-5-11-15-14)10-8-13-7-6-12-16-13/h13,15H,2-12H2,1H3. The maximum Gasteiger partial charge on any atom is 0.0576 e. The van der Waals surface area contributed by atoms with E-state index in [1.54, 1.807) is 0 Å². The molecule has 2 atom stereocenters. The third-order valence-corrected chi connectivity index (χ3v) is 4.48. The van der Waals surface area contributed by atoms with Gasteiger partial charge in [-0.25, -0.2) is 0 Å². The van der Waals surface area contributed by atoms with Gasteiger partial charge in [-0.1, -0.05) is 19.8 Å². The molecule has 0 spiro atoms. The molecule has 16 heavy (non-hydrogen) atoms. The predicted octanol–water partition coefficient (Wildman–Crippen LogP) is 3.26. The smallest absolute Gasteiger partial charge is 0.0576 e. The average Bonchev–Trinajstić information content (AvgIpc) is 2.72. The van der Waals surface area contributed by atoms with Crippen molar-refractivity contribution in [3.05, 3.63) is 0 Å². The van der Waals surface area contributed by atoms with Crippen LogP contribution in [-0.2, 0) is 4.74 Å². The van der Waals surface area contributed by atoms with Gasteiger partial charge < -0.3 is 10.1 Å². The number of nitrogens with one attached hydrogen (secondary N) is 1. The summed E-state index contributed by atoms with van der Waals surface area (Å²) in [6, 6.07) is 0. The van der Waals surface area contributed by atoms with Crippen LogP contribution in [0.15, 0.2) is 0 Å². The molecule has 0 amide bonds. The Kier molecular flexibility index (Phi) is 4.66. The van der Waals surface area contributed by atoms with Crippen LogP contribution in [0.5, 0.6) is 0 Å². The lowest BCUT2D eigenvalue weighted by atomic mass is 9.85. The third-order valence-electron chi connectivity index (χ3n) is 4.48. The van der Waals surface area contributed by atoms with E-state index in [0.717, 1.165) is 6.61 Å². The van der Waals surface area contributed by atoms with Gasteiger partial charge in [-0.3, -0.25) is 0 Å².